The fourth-order valence-corrected chi connectivity index (χ4v) is 3.45. The van der Waals surface area contributed by atoms with Gasteiger partial charge >= 0.3 is 0 Å². The summed E-state index contributed by atoms with van der Waals surface area (Å²) >= 11 is 0. The number of β-amino-alcohol motifs (C(OH)–C–C–N with tert-alkyl or cyclic N) is 1. The Balaban J connectivity index is 1.58. The van der Waals surface area contributed by atoms with Crippen molar-refractivity contribution in [3.05, 3.63) is 24.3 Å². The number of likely N-dealkylation sites (tertiary alicyclic amines) is 1. The predicted molar refractivity (Wildman–Crippen MR) is 75.4 cm³/mol. The van der Waals surface area contributed by atoms with Crippen LogP contribution in [0.25, 0.3) is 0 Å². The van der Waals surface area contributed by atoms with Crippen molar-refractivity contribution in [2.24, 2.45) is 0 Å². The molecule has 2 aliphatic heterocycles. The molecule has 0 aliphatic carbocycles. The molecule has 1 N–H and O–H groups in total. The van der Waals surface area contributed by atoms with Crippen molar-refractivity contribution in [2.45, 2.75) is 43.8 Å². The van der Waals surface area contributed by atoms with E-state index in [2.05, 4.69) is 14.9 Å². The highest BCUT2D eigenvalue weighted by atomic mass is 16.5. The molecule has 0 radical (unpaired) electrons. The van der Waals surface area contributed by atoms with Crippen molar-refractivity contribution in [3.8, 4) is 0 Å². The third kappa shape index (κ3) is 3.00. The molecule has 5 heteroatoms. The smallest absolute Gasteiger partial charge is 0.115 e. The number of aliphatic hydroxyl groups excluding tert-OH is 1. The number of hydrogen-bond acceptors (Lipinski definition) is 5. The average molecular weight is 277 g/mol. The Morgan fingerprint density at radius 3 is 2.75 bits per heavy atom. The Labute approximate surface area is 120 Å². The second kappa shape index (κ2) is 5.76. The van der Waals surface area contributed by atoms with Gasteiger partial charge in [0.1, 0.15) is 6.33 Å². The molecule has 1 spiro atoms. The number of nitrogens with zero attached hydrogens (tertiary/aromatic N) is 3. The zero-order valence-electron chi connectivity index (χ0n) is 12.0. The second-order valence-electron chi connectivity index (χ2n) is 6.22. The summed E-state index contributed by atoms with van der Waals surface area (Å²) in [6.07, 6.45) is 8.33. The van der Waals surface area contributed by atoms with Crippen LogP contribution in [0.1, 0.15) is 37.7 Å². The van der Waals surface area contributed by atoms with Crippen LogP contribution in [-0.2, 0) is 4.74 Å². The Hall–Kier alpha value is -1.04. The molecule has 20 heavy (non-hydrogen) atoms. The quantitative estimate of drug-likeness (QED) is 0.899. The number of ether oxygens (including phenoxy) is 1. The van der Waals surface area contributed by atoms with Gasteiger partial charge in [0.15, 0.2) is 0 Å². The van der Waals surface area contributed by atoms with E-state index in [0.717, 1.165) is 45.5 Å². The highest BCUT2D eigenvalue weighted by molar-refractivity contribution is 5.14. The summed E-state index contributed by atoms with van der Waals surface area (Å²) < 4.78 is 6.16. The van der Waals surface area contributed by atoms with Gasteiger partial charge in [0.05, 0.1) is 18.3 Å². The fourth-order valence-electron chi connectivity index (χ4n) is 3.45. The molecule has 0 bridgehead atoms. The molecule has 3 heterocycles. The van der Waals surface area contributed by atoms with Gasteiger partial charge in [-0.15, -0.1) is 0 Å². The Kier molecular flexibility index (Phi) is 4.01. The van der Waals surface area contributed by atoms with Crippen LogP contribution in [0.3, 0.4) is 0 Å². The lowest BCUT2D eigenvalue weighted by atomic mass is 9.84. The van der Waals surface area contributed by atoms with Gasteiger partial charge in [0, 0.05) is 37.9 Å². The summed E-state index contributed by atoms with van der Waals surface area (Å²) in [7, 11) is 0. The van der Waals surface area contributed by atoms with E-state index in [4.69, 9.17) is 4.74 Å². The van der Waals surface area contributed by atoms with Gasteiger partial charge in [-0.25, -0.2) is 9.97 Å². The van der Waals surface area contributed by atoms with Gasteiger partial charge in [0.25, 0.3) is 0 Å². The highest BCUT2D eigenvalue weighted by Gasteiger charge is 2.43. The monoisotopic (exact) mass is 277 g/mol. The van der Waals surface area contributed by atoms with Crippen LogP contribution in [0.5, 0.6) is 0 Å². The maximum absolute atomic E-state index is 9.47. The Morgan fingerprint density at radius 1 is 1.40 bits per heavy atom. The maximum Gasteiger partial charge on any atom is 0.115 e. The molecular formula is C15H23N3O2. The number of rotatable bonds is 3. The summed E-state index contributed by atoms with van der Waals surface area (Å²) in [6, 6.07) is 0. The average Bonchev–Trinajstić information content (AvgIpc) is 2.87. The minimum atomic E-state index is -0.247. The SMILES string of the molecule is CC(O)CN1CCC2(CC1)CC(c1cncnc1)CO2. The third-order valence-corrected chi connectivity index (χ3v) is 4.55. The molecule has 2 atom stereocenters. The van der Waals surface area contributed by atoms with Crippen molar-refractivity contribution in [3.63, 3.8) is 0 Å². The van der Waals surface area contributed by atoms with Crippen LogP contribution in [0, 0.1) is 0 Å². The van der Waals surface area contributed by atoms with Crippen LogP contribution < -0.4 is 0 Å². The molecule has 3 rings (SSSR count). The van der Waals surface area contributed by atoms with Crippen molar-refractivity contribution in [2.75, 3.05) is 26.2 Å². The van der Waals surface area contributed by atoms with E-state index in [-0.39, 0.29) is 11.7 Å². The normalized spacial score (nSPS) is 27.8. The lowest BCUT2D eigenvalue weighted by molar-refractivity contribution is -0.0485. The molecule has 2 aliphatic rings. The van der Waals surface area contributed by atoms with Gasteiger partial charge in [-0.1, -0.05) is 0 Å². The van der Waals surface area contributed by atoms with Crippen LogP contribution in [0.2, 0.25) is 0 Å². The van der Waals surface area contributed by atoms with Crippen LogP contribution in [0.4, 0.5) is 0 Å². The molecule has 1 aromatic heterocycles. The first-order valence-corrected chi connectivity index (χ1v) is 7.46. The van der Waals surface area contributed by atoms with Gasteiger partial charge < -0.3 is 14.7 Å². The molecular weight excluding hydrogens is 254 g/mol. The molecule has 110 valence electrons. The summed E-state index contributed by atoms with van der Waals surface area (Å²) in [4.78, 5) is 10.5. The summed E-state index contributed by atoms with van der Waals surface area (Å²) in [5.74, 6) is 0.430. The molecule has 0 amide bonds. The molecule has 5 nitrogen and oxygen atoms in total. The van der Waals surface area contributed by atoms with Crippen LogP contribution in [-0.4, -0.2) is 57.9 Å². The number of aliphatic hydroxyl groups is 1. The first-order valence-electron chi connectivity index (χ1n) is 7.46. The van der Waals surface area contributed by atoms with Crippen LogP contribution >= 0.6 is 0 Å². The zero-order valence-corrected chi connectivity index (χ0v) is 12.0. The molecule has 2 fully saturated rings. The summed E-state index contributed by atoms with van der Waals surface area (Å²) in [5.41, 5.74) is 1.23. The second-order valence-corrected chi connectivity index (χ2v) is 6.22. The van der Waals surface area contributed by atoms with E-state index in [9.17, 15) is 5.11 Å². The van der Waals surface area contributed by atoms with E-state index in [0.29, 0.717) is 5.92 Å². The van der Waals surface area contributed by atoms with E-state index in [1.807, 2.05) is 19.3 Å². The van der Waals surface area contributed by atoms with Crippen LogP contribution in [0.15, 0.2) is 18.7 Å². The molecule has 2 unspecified atom stereocenters. The van der Waals surface area contributed by atoms with Crippen molar-refractivity contribution >= 4 is 0 Å². The lowest BCUT2D eigenvalue weighted by Crippen LogP contribution is -2.46. The number of piperidine rings is 1. The first-order chi connectivity index (χ1) is 9.67. The highest BCUT2D eigenvalue weighted by Crippen LogP contribution is 2.42. The van der Waals surface area contributed by atoms with Gasteiger partial charge in [-0.2, -0.15) is 0 Å². The molecule has 0 aromatic carbocycles. The summed E-state index contributed by atoms with van der Waals surface area (Å²) in [6.45, 7) is 5.43. The van der Waals surface area contributed by atoms with Gasteiger partial charge in [0.2, 0.25) is 0 Å². The van der Waals surface area contributed by atoms with Crippen molar-refractivity contribution < 1.29 is 9.84 Å². The number of hydrogen-bond donors (Lipinski definition) is 1. The minimum absolute atomic E-state index is 0.0374. The summed E-state index contributed by atoms with van der Waals surface area (Å²) in [5, 5.41) is 9.47. The molecule has 2 saturated heterocycles. The molecule has 1 aromatic rings. The zero-order chi connectivity index (χ0) is 14.0. The molecule has 0 saturated carbocycles. The van der Waals surface area contributed by atoms with E-state index < -0.39 is 0 Å². The van der Waals surface area contributed by atoms with Gasteiger partial charge in [-0.3, -0.25) is 0 Å². The predicted octanol–water partition coefficient (Wildman–Crippen LogP) is 1.20. The lowest BCUT2D eigenvalue weighted by Gasteiger charge is -2.39. The largest absolute Gasteiger partial charge is 0.392 e. The van der Waals surface area contributed by atoms with Crippen molar-refractivity contribution in [1.29, 1.82) is 0 Å². The fraction of sp³-hybridized carbons (Fsp3) is 0.733. The third-order valence-electron chi connectivity index (χ3n) is 4.55. The van der Waals surface area contributed by atoms with E-state index >= 15 is 0 Å². The topological polar surface area (TPSA) is 58.5 Å². The first kappa shape index (κ1) is 13.9. The van der Waals surface area contributed by atoms with Gasteiger partial charge in [-0.05, 0) is 31.7 Å². The maximum atomic E-state index is 9.47. The van der Waals surface area contributed by atoms with Crippen molar-refractivity contribution in [1.82, 2.24) is 14.9 Å². The van der Waals surface area contributed by atoms with E-state index in [1.165, 1.54) is 5.56 Å². The Bertz CT molecular complexity index is 430. The standard InChI is InChI=1S/C15H23N3O2/c1-12(19)9-18-4-2-15(3-5-18)6-13(10-20-15)14-7-16-11-17-8-14/h7-8,11-13,19H,2-6,9-10H2,1H3. The number of aromatic nitrogens is 2. The van der Waals surface area contributed by atoms with E-state index in [1.54, 1.807) is 6.33 Å². The Morgan fingerprint density at radius 2 is 2.10 bits per heavy atom. The minimum Gasteiger partial charge on any atom is -0.392 e.